The zero-order valence-electron chi connectivity index (χ0n) is 18.0. The Hall–Kier alpha value is -4.04. The van der Waals surface area contributed by atoms with Crippen LogP contribution in [0.15, 0.2) is 72.8 Å². The maximum atomic E-state index is 13.7. The van der Waals surface area contributed by atoms with E-state index in [2.05, 4.69) is 0 Å². The average Bonchev–Trinajstić information content (AvgIpc) is 3.31. The number of anilines is 2. The number of carbonyl (C=O) groups is 2. The Bertz CT molecular complexity index is 1260. The highest BCUT2D eigenvalue weighted by Gasteiger charge is 2.60. The molecule has 5 rings (SSSR count). The van der Waals surface area contributed by atoms with E-state index >= 15 is 0 Å². The zero-order valence-corrected chi connectivity index (χ0v) is 18.0. The number of nitro groups is 1. The molecule has 8 heteroatoms. The van der Waals surface area contributed by atoms with Gasteiger partial charge < -0.3 is 0 Å². The molecule has 0 aliphatic carbocycles. The lowest BCUT2D eigenvalue weighted by molar-refractivity contribution is -0.384. The number of nitro benzene ring substituents is 1. The molecule has 2 saturated heterocycles. The summed E-state index contributed by atoms with van der Waals surface area (Å²) in [6.45, 7) is 3.81. The molecule has 0 unspecified atom stereocenters. The van der Waals surface area contributed by atoms with Crippen molar-refractivity contribution in [1.82, 2.24) is 0 Å². The van der Waals surface area contributed by atoms with Gasteiger partial charge in [-0.15, -0.1) is 0 Å². The summed E-state index contributed by atoms with van der Waals surface area (Å²) in [5, 5.41) is 12.7. The highest BCUT2D eigenvalue weighted by atomic mass is 16.7. The predicted octanol–water partition coefficient (Wildman–Crippen LogP) is 4.26. The third-order valence-electron chi connectivity index (χ3n) is 6.16. The van der Waals surface area contributed by atoms with Gasteiger partial charge in [0, 0.05) is 12.1 Å². The highest BCUT2D eigenvalue weighted by Crippen LogP contribution is 2.48. The molecule has 0 N–H and O–H groups in total. The summed E-state index contributed by atoms with van der Waals surface area (Å²) in [5.74, 6) is -1.55. The maximum Gasteiger partial charge on any atom is 0.269 e. The first-order valence-corrected chi connectivity index (χ1v) is 10.6. The van der Waals surface area contributed by atoms with Crippen molar-refractivity contribution in [2.75, 3.05) is 9.96 Å². The van der Waals surface area contributed by atoms with Gasteiger partial charge in [-0.3, -0.25) is 24.5 Å². The minimum Gasteiger partial charge on any atom is -0.273 e. The van der Waals surface area contributed by atoms with Gasteiger partial charge in [-0.25, -0.2) is 9.96 Å². The fourth-order valence-electron chi connectivity index (χ4n) is 4.64. The van der Waals surface area contributed by atoms with Gasteiger partial charge >= 0.3 is 0 Å². The molecule has 0 spiro atoms. The van der Waals surface area contributed by atoms with E-state index in [1.807, 2.05) is 56.3 Å². The first-order chi connectivity index (χ1) is 15.9. The lowest BCUT2D eigenvalue weighted by Crippen LogP contribution is -2.37. The van der Waals surface area contributed by atoms with Gasteiger partial charge in [-0.05, 0) is 43.2 Å². The van der Waals surface area contributed by atoms with Crippen LogP contribution in [0.2, 0.25) is 0 Å². The van der Waals surface area contributed by atoms with Crippen molar-refractivity contribution in [2.45, 2.75) is 26.0 Å². The molecule has 2 fully saturated rings. The molecule has 2 amide bonds. The number of hydrogen-bond acceptors (Lipinski definition) is 6. The molecule has 33 heavy (non-hydrogen) atoms. The minimum absolute atomic E-state index is 0.0498. The second-order valence-corrected chi connectivity index (χ2v) is 8.31. The number of hydrogen-bond donors (Lipinski definition) is 0. The summed E-state index contributed by atoms with van der Waals surface area (Å²) in [5.41, 5.74) is 3.69. The summed E-state index contributed by atoms with van der Waals surface area (Å²) in [6, 6.07) is 20.2. The number of non-ortho nitro benzene ring substituents is 1. The van der Waals surface area contributed by atoms with Crippen molar-refractivity contribution in [3.05, 3.63) is 99.6 Å². The van der Waals surface area contributed by atoms with Crippen LogP contribution in [0.3, 0.4) is 0 Å². The van der Waals surface area contributed by atoms with Gasteiger partial charge in [0.1, 0.15) is 5.92 Å². The lowest BCUT2D eigenvalue weighted by atomic mass is 9.90. The molecule has 0 saturated carbocycles. The van der Waals surface area contributed by atoms with Gasteiger partial charge in [0.25, 0.3) is 11.6 Å². The first kappa shape index (κ1) is 20.8. The summed E-state index contributed by atoms with van der Waals surface area (Å²) in [4.78, 5) is 45.0. The molecule has 2 aliphatic heterocycles. The van der Waals surface area contributed by atoms with E-state index in [9.17, 15) is 19.7 Å². The molecule has 0 bridgehead atoms. The Morgan fingerprint density at radius 1 is 0.909 bits per heavy atom. The number of para-hydroxylation sites is 1. The van der Waals surface area contributed by atoms with E-state index in [1.54, 1.807) is 23.3 Å². The Morgan fingerprint density at radius 2 is 1.61 bits per heavy atom. The van der Waals surface area contributed by atoms with Crippen LogP contribution in [0.1, 0.15) is 22.7 Å². The Balaban J connectivity index is 1.59. The fourth-order valence-corrected chi connectivity index (χ4v) is 4.64. The molecular formula is C25H21N3O5. The van der Waals surface area contributed by atoms with Crippen molar-refractivity contribution < 1.29 is 19.3 Å². The third-order valence-corrected chi connectivity index (χ3v) is 6.16. The number of benzene rings is 3. The number of fused-ring (bicyclic) bond motifs is 1. The van der Waals surface area contributed by atoms with Crippen LogP contribution in [0.4, 0.5) is 17.1 Å². The van der Waals surface area contributed by atoms with E-state index in [-0.39, 0.29) is 11.6 Å². The molecule has 8 nitrogen and oxygen atoms in total. The standard InChI is InChI=1S/C25H21N3O5/c1-15-8-13-20(16(2)14-15)26-24(29)21-22(17-9-11-19(12-10-17)28(31)32)27(33-23(21)25(26)30)18-6-4-3-5-7-18/h3-14,21-23H,1-2H3/t21-,22-,23-/m0/s1. The van der Waals surface area contributed by atoms with Crippen LogP contribution in [-0.4, -0.2) is 22.8 Å². The number of rotatable bonds is 4. The van der Waals surface area contributed by atoms with Gasteiger partial charge in [0.05, 0.1) is 22.3 Å². The van der Waals surface area contributed by atoms with E-state index in [1.165, 1.54) is 17.0 Å². The van der Waals surface area contributed by atoms with E-state index < -0.39 is 28.9 Å². The molecule has 2 aliphatic rings. The largest absolute Gasteiger partial charge is 0.273 e. The molecule has 3 aromatic carbocycles. The first-order valence-electron chi connectivity index (χ1n) is 10.6. The van der Waals surface area contributed by atoms with Crippen LogP contribution >= 0.6 is 0 Å². The smallest absolute Gasteiger partial charge is 0.269 e. The predicted molar refractivity (Wildman–Crippen MR) is 122 cm³/mol. The molecule has 2 heterocycles. The van der Waals surface area contributed by atoms with Crippen LogP contribution in [0, 0.1) is 29.9 Å². The molecule has 0 radical (unpaired) electrons. The Kier molecular flexibility index (Phi) is 4.94. The van der Waals surface area contributed by atoms with Gasteiger partial charge in [0.15, 0.2) is 6.10 Å². The number of imide groups is 1. The van der Waals surface area contributed by atoms with Crippen molar-refractivity contribution in [3.8, 4) is 0 Å². The topological polar surface area (TPSA) is 93.0 Å². The molecule has 166 valence electrons. The van der Waals surface area contributed by atoms with Crippen molar-refractivity contribution in [1.29, 1.82) is 0 Å². The Labute approximate surface area is 190 Å². The second kappa shape index (κ2) is 7.83. The van der Waals surface area contributed by atoms with Crippen molar-refractivity contribution >= 4 is 28.9 Å². The number of aryl methyl sites for hydroxylation is 2. The number of amides is 2. The summed E-state index contributed by atoms with van der Waals surface area (Å²) in [7, 11) is 0. The summed E-state index contributed by atoms with van der Waals surface area (Å²) >= 11 is 0. The van der Waals surface area contributed by atoms with Crippen LogP contribution < -0.4 is 9.96 Å². The number of hydroxylamine groups is 1. The third kappa shape index (κ3) is 3.35. The van der Waals surface area contributed by atoms with Crippen molar-refractivity contribution in [2.24, 2.45) is 5.92 Å². The van der Waals surface area contributed by atoms with Crippen LogP contribution in [0.25, 0.3) is 0 Å². The summed E-state index contributed by atoms with van der Waals surface area (Å²) < 4.78 is 0. The normalized spacial score (nSPS) is 22.1. The molecule has 3 aromatic rings. The summed E-state index contributed by atoms with van der Waals surface area (Å²) in [6.07, 6.45) is -0.987. The SMILES string of the molecule is Cc1ccc(N2C(=O)[C@@H]3[C@H](ON(c4ccccc4)[C@H]3c3ccc([N+](=O)[O-])cc3)C2=O)c(C)c1. The molecule has 0 aromatic heterocycles. The van der Waals surface area contributed by atoms with Gasteiger partial charge in [-0.1, -0.05) is 48.0 Å². The molecule has 3 atom stereocenters. The highest BCUT2D eigenvalue weighted by molar-refractivity contribution is 6.24. The van der Waals surface area contributed by atoms with Gasteiger partial charge in [-0.2, -0.15) is 0 Å². The van der Waals surface area contributed by atoms with E-state index in [0.717, 1.165) is 11.1 Å². The van der Waals surface area contributed by atoms with Gasteiger partial charge in [0.2, 0.25) is 5.91 Å². The number of nitrogens with zero attached hydrogens (tertiary/aromatic N) is 3. The van der Waals surface area contributed by atoms with E-state index in [0.29, 0.717) is 16.9 Å². The average molecular weight is 443 g/mol. The van der Waals surface area contributed by atoms with E-state index in [4.69, 9.17) is 4.84 Å². The lowest BCUT2D eigenvalue weighted by Gasteiger charge is -2.29. The monoisotopic (exact) mass is 443 g/mol. The Morgan fingerprint density at radius 3 is 2.24 bits per heavy atom. The fraction of sp³-hybridized carbons (Fsp3) is 0.200. The quantitative estimate of drug-likeness (QED) is 0.340. The van der Waals surface area contributed by atoms with Crippen molar-refractivity contribution in [3.63, 3.8) is 0 Å². The number of carbonyl (C=O) groups excluding carboxylic acids is 2. The minimum atomic E-state index is -0.987. The molecular weight excluding hydrogens is 422 g/mol. The second-order valence-electron chi connectivity index (χ2n) is 8.31. The van der Waals surface area contributed by atoms with Crippen LogP contribution in [0.5, 0.6) is 0 Å². The zero-order chi connectivity index (χ0) is 23.3. The van der Waals surface area contributed by atoms with Crippen LogP contribution in [-0.2, 0) is 14.4 Å². The maximum absolute atomic E-state index is 13.7.